The van der Waals surface area contributed by atoms with Gasteiger partial charge in [-0.05, 0) is 36.6 Å². The van der Waals surface area contributed by atoms with Crippen molar-refractivity contribution in [1.82, 2.24) is 0 Å². The summed E-state index contributed by atoms with van der Waals surface area (Å²) >= 11 is 0. The van der Waals surface area contributed by atoms with E-state index in [0.29, 0.717) is 6.54 Å². The van der Waals surface area contributed by atoms with E-state index in [1.54, 1.807) is 12.1 Å². The molecule has 100 valence electrons. The van der Waals surface area contributed by atoms with E-state index < -0.39 is 0 Å². The SMILES string of the molecule is CCc1cccc(C)c1NCc1ccc(O)cc1O. The zero-order valence-corrected chi connectivity index (χ0v) is 11.3. The summed E-state index contributed by atoms with van der Waals surface area (Å²) in [6.07, 6.45) is 0.964. The van der Waals surface area contributed by atoms with Gasteiger partial charge in [-0.15, -0.1) is 0 Å². The van der Waals surface area contributed by atoms with E-state index in [9.17, 15) is 10.2 Å². The predicted molar refractivity (Wildman–Crippen MR) is 77.7 cm³/mol. The molecule has 3 nitrogen and oxygen atoms in total. The van der Waals surface area contributed by atoms with E-state index in [1.165, 1.54) is 17.2 Å². The van der Waals surface area contributed by atoms with E-state index in [1.807, 2.05) is 0 Å². The molecule has 19 heavy (non-hydrogen) atoms. The second-order valence-corrected chi connectivity index (χ2v) is 4.63. The zero-order chi connectivity index (χ0) is 13.8. The molecule has 0 heterocycles. The molecule has 2 rings (SSSR count). The minimum absolute atomic E-state index is 0.0754. The fraction of sp³-hybridized carbons (Fsp3) is 0.250. The normalized spacial score (nSPS) is 10.4. The number of para-hydroxylation sites is 1. The molecule has 0 unspecified atom stereocenters. The Morgan fingerprint density at radius 3 is 2.53 bits per heavy atom. The van der Waals surface area contributed by atoms with Gasteiger partial charge in [0, 0.05) is 23.9 Å². The standard InChI is InChI=1S/C16H19NO2/c1-3-12-6-4-5-11(2)16(12)17-10-13-7-8-14(18)9-15(13)19/h4-9,17-19H,3,10H2,1-2H3. The van der Waals surface area contributed by atoms with Crippen molar-refractivity contribution in [2.45, 2.75) is 26.8 Å². The van der Waals surface area contributed by atoms with Gasteiger partial charge in [-0.3, -0.25) is 0 Å². The Balaban J connectivity index is 2.19. The lowest BCUT2D eigenvalue weighted by Crippen LogP contribution is -2.04. The molecule has 3 N–H and O–H groups in total. The van der Waals surface area contributed by atoms with Crippen molar-refractivity contribution in [3.8, 4) is 11.5 Å². The number of nitrogens with one attached hydrogen (secondary N) is 1. The molecule has 3 heteroatoms. The summed E-state index contributed by atoms with van der Waals surface area (Å²) in [6.45, 7) is 4.72. The maximum absolute atomic E-state index is 9.77. The Morgan fingerprint density at radius 2 is 1.84 bits per heavy atom. The molecule has 0 bridgehead atoms. The lowest BCUT2D eigenvalue weighted by molar-refractivity contribution is 0.446. The molecular formula is C16H19NO2. The van der Waals surface area contributed by atoms with Crippen LogP contribution in [0.15, 0.2) is 36.4 Å². The topological polar surface area (TPSA) is 52.5 Å². The number of rotatable bonds is 4. The lowest BCUT2D eigenvalue weighted by atomic mass is 10.1. The Kier molecular flexibility index (Phi) is 3.95. The van der Waals surface area contributed by atoms with E-state index in [4.69, 9.17) is 0 Å². The molecule has 0 amide bonds. The van der Waals surface area contributed by atoms with Gasteiger partial charge in [0.25, 0.3) is 0 Å². The highest BCUT2D eigenvalue weighted by molar-refractivity contribution is 5.58. The van der Waals surface area contributed by atoms with Crippen LogP contribution in [0.4, 0.5) is 5.69 Å². The van der Waals surface area contributed by atoms with Crippen LogP contribution in [0.3, 0.4) is 0 Å². The van der Waals surface area contributed by atoms with Crippen LogP contribution in [0.1, 0.15) is 23.6 Å². The maximum Gasteiger partial charge on any atom is 0.124 e. The van der Waals surface area contributed by atoms with Crippen LogP contribution in [0, 0.1) is 6.92 Å². The van der Waals surface area contributed by atoms with Crippen LogP contribution in [-0.2, 0) is 13.0 Å². The monoisotopic (exact) mass is 257 g/mol. The van der Waals surface area contributed by atoms with Crippen molar-refractivity contribution < 1.29 is 10.2 Å². The minimum Gasteiger partial charge on any atom is -0.508 e. The Morgan fingerprint density at radius 1 is 1.05 bits per heavy atom. The Labute approximate surface area is 113 Å². The van der Waals surface area contributed by atoms with Gasteiger partial charge >= 0.3 is 0 Å². The van der Waals surface area contributed by atoms with E-state index in [2.05, 4.69) is 37.4 Å². The third-order valence-corrected chi connectivity index (χ3v) is 3.26. The van der Waals surface area contributed by atoms with Gasteiger partial charge in [-0.2, -0.15) is 0 Å². The van der Waals surface area contributed by atoms with Gasteiger partial charge in [0.15, 0.2) is 0 Å². The molecular weight excluding hydrogens is 238 g/mol. The number of hydrogen-bond donors (Lipinski definition) is 3. The summed E-state index contributed by atoms with van der Waals surface area (Å²) in [7, 11) is 0. The fourth-order valence-electron chi connectivity index (χ4n) is 2.16. The molecule has 0 aliphatic heterocycles. The smallest absolute Gasteiger partial charge is 0.124 e. The van der Waals surface area contributed by atoms with Crippen LogP contribution in [0.25, 0.3) is 0 Å². The van der Waals surface area contributed by atoms with Crippen LogP contribution in [0.2, 0.25) is 0 Å². The number of benzene rings is 2. The van der Waals surface area contributed by atoms with Crippen LogP contribution < -0.4 is 5.32 Å². The predicted octanol–water partition coefficient (Wildman–Crippen LogP) is 3.58. The highest BCUT2D eigenvalue weighted by atomic mass is 16.3. The summed E-state index contributed by atoms with van der Waals surface area (Å²) in [5, 5.41) is 22.4. The molecule has 0 aliphatic rings. The molecule has 2 aromatic rings. The summed E-state index contributed by atoms with van der Waals surface area (Å²) in [5.74, 6) is 0.186. The van der Waals surface area contributed by atoms with E-state index in [0.717, 1.165) is 17.7 Å². The molecule has 0 saturated heterocycles. The zero-order valence-electron chi connectivity index (χ0n) is 11.3. The third-order valence-electron chi connectivity index (χ3n) is 3.26. The summed E-state index contributed by atoms with van der Waals surface area (Å²) in [4.78, 5) is 0. The first-order chi connectivity index (χ1) is 9.11. The van der Waals surface area contributed by atoms with Crippen LogP contribution >= 0.6 is 0 Å². The van der Waals surface area contributed by atoms with Crippen molar-refractivity contribution in [2.24, 2.45) is 0 Å². The number of phenols is 2. The first-order valence-electron chi connectivity index (χ1n) is 6.45. The van der Waals surface area contributed by atoms with Crippen molar-refractivity contribution in [2.75, 3.05) is 5.32 Å². The molecule has 0 radical (unpaired) electrons. The largest absolute Gasteiger partial charge is 0.508 e. The van der Waals surface area contributed by atoms with Gasteiger partial charge in [-0.25, -0.2) is 0 Å². The molecule has 2 aromatic carbocycles. The first kappa shape index (κ1) is 13.3. The molecule has 0 spiro atoms. The summed E-state index contributed by atoms with van der Waals surface area (Å²) in [6, 6.07) is 10.9. The molecule has 0 aromatic heterocycles. The second-order valence-electron chi connectivity index (χ2n) is 4.63. The fourth-order valence-corrected chi connectivity index (χ4v) is 2.16. The van der Waals surface area contributed by atoms with Gasteiger partial charge < -0.3 is 15.5 Å². The van der Waals surface area contributed by atoms with E-state index in [-0.39, 0.29) is 11.5 Å². The van der Waals surface area contributed by atoms with Crippen LogP contribution in [-0.4, -0.2) is 10.2 Å². The Bertz CT molecular complexity index is 579. The summed E-state index contributed by atoms with van der Waals surface area (Å²) in [5.41, 5.74) is 4.34. The van der Waals surface area contributed by atoms with Crippen molar-refractivity contribution >= 4 is 5.69 Å². The average molecular weight is 257 g/mol. The Hall–Kier alpha value is -2.16. The lowest BCUT2D eigenvalue weighted by Gasteiger charge is -2.14. The number of anilines is 1. The van der Waals surface area contributed by atoms with Crippen LogP contribution in [0.5, 0.6) is 11.5 Å². The van der Waals surface area contributed by atoms with Crippen molar-refractivity contribution in [3.05, 3.63) is 53.1 Å². The summed E-state index contributed by atoms with van der Waals surface area (Å²) < 4.78 is 0. The van der Waals surface area contributed by atoms with Crippen molar-refractivity contribution in [3.63, 3.8) is 0 Å². The molecule has 0 saturated carbocycles. The molecule has 0 atom stereocenters. The minimum atomic E-state index is 0.0754. The number of hydrogen-bond acceptors (Lipinski definition) is 3. The highest BCUT2D eigenvalue weighted by Crippen LogP contribution is 2.26. The number of aryl methyl sites for hydroxylation is 2. The quantitative estimate of drug-likeness (QED) is 0.784. The van der Waals surface area contributed by atoms with Gasteiger partial charge in [0.05, 0.1) is 0 Å². The molecule has 0 aliphatic carbocycles. The van der Waals surface area contributed by atoms with E-state index >= 15 is 0 Å². The van der Waals surface area contributed by atoms with Gasteiger partial charge in [0.1, 0.15) is 11.5 Å². The van der Waals surface area contributed by atoms with Gasteiger partial charge in [0.2, 0.25) is 0 Å². The third kappa shape index (κ3) is 2.99. The average Bonchev–Trinajstić information content (AvgIpc) is 2.39. The first-order valence-corrected chi connectivity index (χ1v) is 6.45. The molecule has 0 fully saturated rings. The van der Waals surface area contributed by atoms with Gasteiger partial charge in [-0.1, -0.05) is 25.1 Å². The second kappa shape index (κ2) is 5.65. The maximum atomic E-state index is 9.77. The number of aromatic hydroxyl groups is 2. The number of phenolic OH excluding ortho intramolecular Hbond substituents is 2. The van der Waals surface area contributed by atoms with Crippen molar-refractivity contribution in [1.29, 1.82) is 0 Å². The highest BCUT2D eigenvalue weighted by Gasteiger charge is 2.06.